The monoisotopic (exact) mass is 496 g/mol. The van der Waals surface area contributed by atoms with E-state index in [1.165, 1.54) is 24.4 Å². The van der Waals surface area contributed by atoms with E-state index in [9.17, 15) is 9.18 Å². The number of anilines is 3. The number of aromatic nitrogens is 3. The third-order valence-corrected chi connectivity index (χ3v) is 6.90. The first-order chi connectivity index (χ1) is 16.9. The second-order valence-corrected chi connectivity index (χ2v) is 9.32. The van der Waals surface area contributed by atoms with Gasteiger partial charge in [-0.15, -0.1) is 0 Å². The highest BCUT2D eigenvalue weighted by atomic mass is 35.5. The second-order valence-electron chi connectivity index (χ2n) is 8.91. The molecule has 1 atom stereocenters. The molecule has 8 nitrogen and oxygen atoms in total. The Hall–Kier alpha value is -3.46. The number of benzene rings is 1. The highest BCUT2D eigenvalue weighted by molar-refractivity contribution is 6.33. The van der Waals surface area contributed by atoms with E-state index in [0.717, 1.165) is 36.5 Å². The minimum absolute atomic E-state index is 0.0652. The van der Waals surface area contributed by atoms with Crippen molar-refractivity contribution in [1.29, 1.82) is 0 Å². The molecule has 1 N–H and O–H groups in total. The van der Waals surface area contributed by atoms with Gasteiger partial charge in [-0.3, -0.25) is 0 Å². The van der Waals surface area contributed by atoms with Crippen LogP contribution in [0.25, 0.3) is 11.3 Å². The zero-order valence-corrected chi connectivity index (χ0v) is 20.1. The van der Waals surface area contributed by atoms with Gasteiger partial charge in [0.05, 0.1) is 16.3 Å². The maximum absolute atomic E-state index is 13.5. The standard InChI is InChI=1S/C25H26ClFN6O2/c1-16-3-2-8-33(16)25-29-21(17-4-6-19(27)7-5-17)14-22(30-25)31-9-11-32(12-10-31)23-20(26)13-18(15-28-23)24(34)35/h4-7,13-16H,2-3,8-12H2,1H3,(H,34,35)/t16-/m1/s1. The van der Waals surface area contributed by atoms with Crippen molar-refractivity contribution >= 4 is 35.2 Å². The van der Waals surface area contributed by atoms with Gasteiger partial charge in [-0.05, 0) is 50.1 Å². The van der Waals surface area contributed by atoms with Crippen molar-refractivity contribution in [3.05, 3.63) is 59.0 Å². The van der Waals surface area contributed by atoms with E-state index in [0.29, 0.717) is 49.0 Å². The summed E-state index contributed by atoms with van der Waals surface area (Å²) < 4.78 is 13.5. The zero-order chi connectivity index (χ0) is 24.5. The van der Waals surface area contributed by atoms with E-state index in [-0.39, 0.29) is 11.4 Å². The SMILES string of the molecule is C[C@@H]1CCCN1c1nc(-c2ccc(F)cc2)cc(N2CCN(c3ncc(C(=O)O)cc3Cl)CC2)n1. The molecule has 0 aliphatic carbocycles. The first-order valence-corrected chi connectivity index (χ1v) is 12.1. The van der Waals surface area contributed by atoms with Crippen LogP contribution < -0.4 is 14.7 Å². The number of pyridine rings is 1. The molecule has 182 valence electrons. The van der Waals surface area contributed by atoms with Crippen molar-refractivity contribution in [2.45, 2.75) is 25.8 Å². The van der Waals surface area contributed by atoms with E-state index in [1.54, 1.807) is 12.1 Å². The predicted molar refractivity (Wildman–Crippen MR) is 134 cm³/mol. The molecule has 0 amide bonds. The van der Waals surface area contributed by atoms with E-state index in [2.05, 4.69) is 26.6 Å². The Bertz CT molecular complexity index is 1230. The molecule has 0 bridgehead atoms. The Morgan fingerprint density at radius 2 is 1.77 bits per heavy atom. The number of nitrogens with zero attached hydrogens (tertiary/aromatic N) is 6. The molecule has 3 aromatic rings. The molecule has 2 aliphatic rings. The first-order valence-electron chi connectivity index (χ1n) is 11.7. The lowest BCUT2D eigenvalue weighted by Crippen LogP contribution is -2.47. The second kappa shape index (κ2) is 9.65. The fourth-order valence-electron chi connectivity index (χ4n) is 4.64. The van der Waals surface area contributed by atoms with Crippen molar-refractivity contribution < 1.29 is 14.3 Å². The largest absolute Gasteiger partial charge is 0.478 e. The summed E-state index contributed by atoms with van der Waals surface area (Å²) in [7, 11) is 0. The minimum Gasteiger partial charge on any atom is -0.478 e. The molecule has 0 saturated carbocycles. The van der Waals surface area contributed by atoms with Crippen LogP contribution in [0.15, 0.2) is 42.6 Å². The molecular formula is C25H26ClFN6O2. The van der Waals surface area contributed by atoms with E-state index in [1.807, 2.05) is 6.07 Å². The third kappa shape index (κ3) is 4.86. The molecule has 0 spiro atoms. The van der Waals surface area contributed by atoms with Crippen LogP contribution in [0.1, 0.15) is 30.1 Å². The lowest BCUT2D eigenvalue weighted by atomic mass is 10.1. The van der Waals surface area contributed by atoms with Crippen molar-refractivity contribution in [2.24, 2.45) is 0 Å². The summed E-state index contributed by atoms with van der Waals surface area (Å²) in [5.41, 5.74) is 1.67. The van der Waals surface area contributed by atoms with Crippen molar-refractivity contribution in [2.75, 3.05) is 47.4 Å². The number of halogens is 2. The molecule has 2 fully saturated rings. The van der Waals surface area contributed by atoms with Crippen LogP contribution >= 0.6 is 11.6 Å². The third-order valence-electron chi connectivity index (χ3n) is 6.62. The summed E-state index contributed by atoms with van der Waals surface area (Å²) >= 11 is 6.33. The summed E-state index contributed by atoms with van der Waals surface area (Å²) in [5, 5.41) is 9.48. The summed E-state index contributed by atoms with van der Waals surface area (Å²) in [6.45, 7) is 5.79. The van der Waals surface area contributed by atoms with Gasteiger partial charge >= 0.3 is 5.97 Å². The molecule has 4 heterocycles. The Kier molecular flexibility index (Phi) is 6.42. The molecule has 0 radical (unpaired) electrons. The normalized spacial score (nSPS) is 18.3. The van der Waals surface area contributed by atoms with Gasteiger partial charge in [0.25, 0.3) is 0 Å². The average molecular weight is 497 g/mol. The minimum atomic E-state index is -1.06. The first kappa shape index (κ1) is 23.3. The Balaban J connectivity index is 1.40. The summed E-state index contributed by atoms with van der Waals surface area (Å²) in [4.78, 5) is 31.7. The Labute approximate surface area is 208 Å². The van der Waals surface area contributed by atoms with Crippen LogP contribution in [0.2, 0.25) is 5.02 Å². The molecule has 1 aromatic carbocycles. The lowest BCUT2D eigenvalue weighted by Gasteiger charge is -2.36. The topological polar surface area (TPSA) is 85.7 Å². The predicted octanol–water partition coefficient (Wildman–Crippen LogP) is 4.34. The molecular weight excluding hydrogens is 471 g/mol. The van der Waals surface area contributed by atoms with Crippen LogP contribution in [0.5, 0.6) is 0 Å². The van der Waals surface area contributed by atoms with Gasteiger partial charge in [-0.2, -0.15) is 4.98 Å². The van der Waals surface area contributed by atoms with Gasteiger partial charge in [-0.25, -0.2) is 19.2 Å². The van der Waals surface area contributed by atoms with Gasteiger partial charge in [-0.1, -0.05) is 11.6 Å². The molecule has 2 saturated heterocycles. The van der Waals surface area contributed by atoms with Gasteiger partial charge in [0.15, 0.2) is 0 Å². The fourth-order valence-corrected chi connectivity index (χ4v) is 4.92. The molecule has 2 aromatic heterocycles. The molecule has 5 rings (SSSR count). The van der Waals surface area contributed by atoms with Gasteiger partial charge in [0.2, 0.25) is 5.95 Å². The number of hydrogen-bond acceptors (Lipinski definition) is 7. The van der Waals surface area contributed by atoms with Crippen LogP contribution in [0.3, 0.4) is 0 Å². The van der Waals surface area contributed by atoms with Gasteiger partial charge in [0, 0.05) is 56.6 Å². The molecule has 35 heavy (non-hydrogen) atoms. The molecule has 10 heteroatoms. The van der Waals surface area contributed by atoms with Crippen molar-refractivity contribution in [3.8, 4) is 11.3 Å². The van der Waals surface area contributed by atoms with Gasteiger partial charge in [0.1, 0.15) is 17.5 Å². The smallest absolute Gasteiger partial charge is 0.337 e. The molecule has 0 unspecified atom stereocenters. The van der Waals surface area contributed by atoms with E-state index in [4.69, 9.17) is 26.7 Å². The zero-order valence-electron chi connectivity index (χ0n) is 19.4. The maximum Gasteiger partial charge on any atom is 0.337 e. The summed E-state index contributed by atoms with van der Waals surface area (Å²) in [6, 6.07) is 10.1. The summed E-state index contributed by atoms with van der Waals surface area (Å²) in [5.74, 6) is 0.768. The van der Waals surface area contributed by atoms with Crippen LogP contribution in [-0.2, 0) is 0 Å². The average Bonchev–Trinajstić information content (AvgIpc) is 3.30. The maximum atomic E-state index is 13.5. The van der Waals surface area contributed by atoms with Crippen molar-refractivity contribution in [3.63, 3.8) is 0 Å². The number of hydrogen-bond donors (Lipinski definition) is 1. The Morgan fingerprint density at radius 1 is 1.06 bits per heavy atom. The number of piperazine rings is 1. The van der Waals surface area contributed by atoms with Crippen LogP contribution in [0, 0.1) is 5.82 Å². The fraction of sp³-hybridized carbons (Fsp3) is 0.360. The lowest BCUT2D eigenvalue weighted by molar-refractivity contribution is 0.0696. The van der Waals surface area contributed by atoms with Gasteiger partial charge < -0.3 is 19.8 Å². The quantitative estimate of drug-likeness (QED) is 0.558. The van der Waals surface area contributed by atoms with E-state index < -0.39 is 5.97 Å². The number of carbonyl (C=O) groups is 1. The van der Waals surface area contributed by atoms with Crippen LogP contribution in [-0.4, -0.2) is 64.8 Å². The highest BCUT2D eigenvalue weighted by Crippen LogP contribution is 2.30. The van der Waals surface area contributed by atoms with Crippen molar-refractivity contribution in [1.82, 2.24) is 15.0 Å². The highest BCUT2D eigenvalue weighted by Gasteiger charge is 2.26. The Morgan fingerprint density at radius 3 is 2.40 bits per heavy atom. The summed E-state index contributed by atoms with van der Waals surface area (Å²) in [6.07, 6.45) is 3.54. The number of carboxylic acids is 1. The number of aromatic carboxylic acids is 1. The molecule has 2 aliphatic heterocycles. The number of carboxylic acid groups (broad SMARTS) is 1. The number of rotatable bonds is 5. The van der Waals surface area contributed by atoms with E-state index >= 15 is 0 Å². The van der Waals surface area contributed by atoms with Crippen LogP contribution in [0.4, 0.5) is 22.0 Å².